The van der Waals surface area contributed by atoms with Gasteiger partial charge in [0.05, 0.1) is 30.9 Å². The van der Waals surface area contributed by atoms with Crippen molar-refractivity contribution in [3.63, 3.8) is 0 Å². The predicted octanol–water partition coefficient (Wildman–Crippen LogP) is -4.28. The summed E-state index contributed by atoms with van der Waals surface area (Å²) in [7, 11) is 0. The van der Waals surface area contributed by atoms with E-state index >= 15 is 0 Å². The lowest BCUT2D eigenvalue weighted by Crippen LogP contribution is -2.60. The first-order valence-corrected chi connectivity index (χ1v) is 15.8. The van der Waals surface area contributed by atoms with Crippen LogP contribution in [0, 0.1) is 0 Å². The Kier molecular flexibility index (Phi) is 10.6. The molecule has 0 aliphatic carbocycles. The first-order valence-electron chi connectivity index (χ1n) is 15.8. The Balaban J connectivity index is 1.44. The molecule has 0 saturated carbocycles. The highest BCUT2D eigenvalue weighted by Crippen LogP contribution is 2.50. The molecule has 1 aromatic heterocycles. The van der Waals surface area contributed by atoms with E-state index in [9.17, 15) is 71.2 Å². The van der Waals surface area contributed by atoms with Crippen molar-refractivity contribution in [1.29, 1.82) is 0 Å². The van der Waals surface area contributed by atoms with Crippen LogP contribution in [0.3, 0.4) is 0 Å². The first kappa shape index (κ1) is 37.3. The van der Waals surface area contributed by atoms with Gasteiger partial charge in [-0.2, -0.15) is 0 Å². The lowest BCUT2D eigenvalue weighted by Gasteiger charge is -2.41. The minimum atomic E-state index is -2.04. The predicted molar refractivity (Wildman–Crippen MR) is 165 cm³/mol. The lowest BCUT2D eigenvalue weighted by molar-refractivity contribution is -0.277. The molecule has 14 atom stereocenters. The van der Waals surface area contributed by atoms with Crippen LogP contribution in [0.15, 0.2) is 39.5 Å². The van der Waals surface area contributed by atoms with E-state index in [1.165, 1.54) is 24.3 Å². The third kappa shape index (κ3) is 6.44. The summed E-state index contributed by atoms with van der Waals surface area (Å²) in [5.41, 5.74) is -2.55. The highest BCUT2D eigenvalue weighted by molar-refractivity contribution is 5.92. The summed E-state index contributed by atoms with van der Waals surface area (Å²) in [4.78, 5) is 13.7. The zero-order chi connectivity index (χ0) is 37.0. The number of hydrogen-bond donors (Lipinski definition) is 13. The normalized spacial score (nSPS) is 37.4. The smallest absolute Gasteiger partial charge is 0.229 e. The first-order chi connectivity index (χ1) is 24.2. The fourth-order valence-corrected chi connectivity index (χ4v) is 6.48. The van der Waals surface area contributed by atoms with E-state index in [1.807, 2.05) is 0 Å². The molecular weight excluding hydrogens is 688 g/mol. The van der Waals surface area contributed by atoms with E-state index in [1.54, 1.807) is 0 Å². The lowest BCUT2D eigenvalue weighted by atomic mass is 9.85. The standard InChI is InChI=1S/C32H38O19/c33-6-14-20(38)24(42)27(45)31(50-14)17-22(40)16-11(35)5-13(49-29(16)18(23(17)41)30-26(44)19(37)12(36)8-47-30)9-1-3-10(4-2-9)48-32-28(46)25(43)21(39)15(7-34)51-32/h1-5,12,14-15,19-21,24-28,30-34,36-46H,6-8H2. The van der Waals surface area contributed by atoms with Crippen LogP contribution in [0.5, 0.6) is 17.2 Å². The van der Waals surface area contributed by atoms with E-state index in [-0.39, 0.29) is 17.1 Å². The molecule has 2 aromatic carbocycles. The van der Waals surface area contributed by atoms with Gasteiger partial charge in [-0.1, -0.05) is 0 Å². The number of phenols is 2. The van der Waals surface area contributed by atoms with Gasteiger partial charge in [0.15, 0.2) is 11.0 Å². The monoisotopic (exact) mass is 726 g/mol. The Morgan fingerprint density at radius 1 is 0.667 bits per heavy atom. The number of phenolic OH excluding ortho intramolecular Hbond substituents is 2. The van der Waals surface area contributed by atoms with Crippen molar-refractivity contribution in [2.45, 2.75) is 85.6 Å². The summed E-state index contributed by atoms with van der Waals surface area (Å²) in [5.74, 6) is -2.10. The van der Waals surface area contributed by atoms with E-state index in [4.69, 9.17) is 23.4 Å². The zero-order valence-electron chi connectivity index (χ0n) is 26.4. The van der Waals surface area contributed by atoms with Crippen LogP contribution in [-0.2, 0) is 14.2 Å². The Labute approximate surface area is 286 Å². The number of ether oxygens (including phenoxy) is 4. The molecule has 3 fully saturated rings. The maximum atomic E-state index is 13.7. The Morgan fingerprint density at radius 3 is 1.88 bits per heavy atom. The van der Waals surface area contributed by atoms with Gasteiger partial charge >= 0.3 is 0 Å². The number of fused-ring (bicyclic) bond motifs is 1. The van der Waals surface area contributed by atoms with Crippen LogP contribution in [-0.4, -0.2) is 160 Å². The molecule has 0 bridgehead atoms. The van der Waals surface area contributed by atoms with Crippen LogP contribution >= 0.6 is 0 Å². The van der Waals surface area contributed by atoms with Crippen molar-refractivity contribution in [3.05, 3.63) is 51.7 Å². The van der Waals surface area contributed by atoms with E-state index in [0.29, 0.717) is 0 Å². The highest BCUT2D eigenvalue weighted by atomic mass is 16.7. The van der Waals surface area contributed by atoms with Gasteiger partial charge in [-0.25, -0.2) is 0 Å². The minimum Gasteiger partial charge on any atom is -0.507 e. The van der Waals surface area contributed by atoms with Gasteiger partial charge in [0.1, 0.15) is 108 Å². The summed E-state index contributed by atoms with van der Waals surface area (Å²) >= 11 is 0. The number of aliphatic hydroxyl groups excluding tert-OH is 11. The molecule has 19 heteroatoms. The molecular formula is C32H38O19. The second-order valence-electron chi connectivity index (χ2n) is 12.6. The molecule has 4 heterocycles. The molecule has 19 nitrogen and oxygen atoms in total. The summed E-state index contributed by atoms with van der Waals surface area (Å²) in [6.45, 7) is -2.11. The molecule has 3 aliphatic heterocycles. The fourth-order valence-electron chi connectivity index (χ4n) is 6.48. The number of rotatable bonds is 7. The van der Waals surface area contributed by atoms with Crippen LogP contribution in [0.25, 0.3) is 22.3 Å². The van der Waals surface area contributed by atoms with Gasteiger partial charge < -0.3 is 89.7 Å². The van der Waals surface area contributed by atoms with Gasteiger partial charge in [0.2, 0.25) is 6.29 Å². The molecule has 280 valence electrons. The van der Waals surface area contributed by atoms with Crippen LogP contribution in [0.4, 0.5) is 0 Å². The summed E-state index contributed by atoms with van der Waals surface area (Å²) in [6.07, 6.45) is -24.0. The Morgan fingerprint density at radius 2 is 1.25 bits per heavy atom. The minimum absolute atomic E-state index is 0.0673. The van der Waals surface area contributed by atoms with Crippen molar-refractivity contribution < 1.29 is 89.7 Å². The van der Waals surface area contributed by atoms with E-state index in [2.05, 4.69) is 0 Å². The van der Waals surface area contributed by atoms with Crippen LogP contribution < -0.4 is 10.2 Å². The molecule has 3 aliphatic rings. The molecule has 13 N–H and O–H groups in total. The SMILES string of the molecule is O=c1cc(-c2ccc(OC3OC(CO)C(O)C(O)C3O)cc2)oc2c(C3OCC(O)C(O)C3O)c(O)c(C3OC(CO)C(O)C(O)C3O)c(O)c12. The molecule has 3 aromatic rings. The quantitative estimate of drug-likeness (QED) is 0.110. The number of benzene rings is 2. The maximum absolute atomic E-state index is 13.7. The number of hydrogen-bond acceptors (Lipinski definition) is 19. The second kappa shape index (κ2) is 14.5. The molecule has 51 heavy (non-hydrogen) atoms. The number of aromatic hydroxyl groups is 2. The Bertz CT molecular complexity index is 1760. The van der Waals surface area contributed by atoms with Crippen LogP contribution in [0.2, 0.25) is 0 Å². The van der Waals surface area contributed by atoms with E-state index in [0.717, 1.165) is 6.07 Å². The summed E-state index contributed by atoms with van der Waals surface area (Å²) in [6, 6.07) is 6.42. The molecule has 3 saturated heterocycles. The van der Waals surface area contributed by atoms with Gasteiger partial charge in [-0.05, 0) is 24.3 Å². The summed E-state index contributed by atoms with van der Waals surface area (Å²) in [5, 5.41) is 135. The van der Waals surface area contributed by atoms with Gasteiger partial charge in [0, 0.05) is 11.6 Å². The average molecular weight is 727 g/mol. The van der Waals surface area contributed by atoms with Crippen molar-refractivity contribution in [3.8, 4) is 28.6 Å². The second-order valence-corrected chi connectivity index (χ2v) is 12.6. The third-order valence-electron chi connectivity index (χ3n) is 9.40. The van der Waals surface area contributed by atoms with Crippen molar-refractivity contribution in [2.24, 2.45) is 0 Å². The van der Waals surface area contributed by atoms with Crippen molar-refractivity contribution in [2.75, 3.05) is 19.8 Å². The topological polar surface area (TPSA) is 330 Å². The van der Waals surface area contributed by atoms with Crippen molar-refractivity contribution >= 4 is 11.0 Å². The van der Waals surface area contributed by atoms with Gasteiger partial charge in [-0.15, -0.1) is 0 Å². The third-order valence-corrected chi connectivity index (χ3v) is 9.40. The van der Waals surface area contributed by atoms with Gasteiger partial charge in [-0.3, -0.25) is 4.79 Å². The highest BCUT2D eigenvalue weighted by Gasteiger charge is 2.49. The molecule has 0 spiro atoms. The average Bonchev–Trinajstić information content (AvgIpc) is 3.11. The van der Waals surface area contributed by atoms with E-state index < -0.39 is 144 Å². The maximum Gasteiger partial charge on any atom is 0.229 e. The van der Waals surface area contributed by atoms with Crippen LogP contribution in [0.1, 0.15) is 23.3 Å². The zero-order valence-corrected chi connectivity index (χ0v) is 26.4. The fraction of sp³-hybridized carbons (Fsp3) is 0.531. The molecule has 14 unspecified atom stereocenters. The largest absolute Gasteiger partial charge is 0.507 e. The molecule has 0 radical (unpaired) electrons. The number of aliphatic hydroxyl groups is 11. The Hall–Kier alpha value is -3.51. The van der Waals surface area contributed by atoms with Crippen molar-refractivity contribution in [1.82, 2.24) is 0 Å². The molecule has 0 amide bonds. The molecule has 6 rings (SSSR count). The van der Waals surface area contributed by atoms with Gasteiger partial charge in [0.25, 0.3) is 0 Å². The summed E-state index contributed by atoms with van der Waals surface area (Å²) < 4.78 is 28.0.